The Balaban J connectivity index is 1.81. The molecular formula is C19H21N5O3. The molecule has 0 fully saturated rings. The van der Waals surface area contributed by atoms with Crippen molar-refractivity contribution in [1.82, 2.24) is 20.6 Å². The molecular weight excluding hydrogens is 346 g/mol. The smallest absolute Gasteiger partial charge is 0.235 e. The van der Waals surface area contributed by atoms with Gasteiger partial charge in [-0.2, -0.15) is 5.21 Å². The summed E-state index contributed by atoms with van der Waals surface area (Å²) in [5.41, 5.74) is 1.56. The van der Waals surface area contributed by atoms with Crippen LogP contribution in [0, 0.1) is 0 Å². The minimum absolute atomic E-state index is 0.237. The third kappa shape index (κ3) is 4.60. The average molecular weight is 367 g/mol. The zero-order chi connectivity index (χ0) is 19.1. The van der Waals surface area contributed by atoms with Gasteiger partial charge in [0.1, 0.15) is 17.4 Å². The number of H-pyrrole nitrogens is 1. The van der Waals surface area contributed by atoms with Crippen LogP contribution in [0.15, 0.2) is 48.5 Å². The van der Waals surface area contributed by atoms with Gasteiger partial charge in [-0.1, -0.05) is 29.5 Å². The third-order valence-corrected chi connectivity index (χ3v) is 4.03. The van der Waals surface area contributed by atoms with Gasteiger partial charge in [0.15, 0.2) is 5.82 Å². The highest BCUT2D eigenvalue weighted by Crippen LogP contribution is 2.27. The van der Waals surface area contributed by atoms with Crippen LogP contribution in [0.2, 0.25) is 0 Å². The lowest BCUT2D eigenvalue weighted by Gasteiger charge is -2.16. The van der Waals surface area contributed by atoms with Gasteiger partial charge in [0.05, 0.1) is 19.4 Å². The van der Waals surface area contributed by atoms with Gasteiger partial charge < -0.3 is 14.8 Å². The van der Waals surface area contributed by atoms with Crippen LogP contribution in [0.1, 0.15) is 24.2 Å². The molecule has 8 heteroatoms. The molecule has 0 bridgehead atoms. The molecule has 0 saturated carbocycles. The first-order valence-electron chi connectivity index (χ1n) is 8.60. The standard InChI is InChI=1S/C19H21N5O3/c1-3-27-17-7-5-4-6-16(17)20-19(25)15(18-21-23-24-22-18)12-13-8-10-14(26-2)11-9-13/h4-11,15H,3,12H2,1-2H3,(H,20,25)(H,21,22,23,24)/t15-/m0/s1. The second-order valence-electron chi connectivity index (χ2n) is 5.79. The summed E-state index contributed by atoms with van der Waals surface area (Å²) in [5.74, 6) is 0.859. The minimum atomic E-state index is -0.605. The average Bonchev–Trinajstić information content (AvgIpc) is 3.22. The van der Waals surface area contributed by atoms with Crippen molar-refractivity contribution in [3.63, 3.8) is 0 Å². The quantitative estimate of drug-likeness (QED) is 0.634. The monoisotopic (exact) mass is 367 g/mol. The molecule has 140 valence electrons. The van der Waals surface area contributed by atoms with Gasteiger partial charge in [-0.05, 0) is 43.2 Å². The first-order valence-corrected chi connectivity index (χ1v) is 8.60. The summed E-state index contributed by atoms with van der Waals surface area (Å²) in [7, 11) is 1.61. The fraction of sp³-hybridized carbons (Fsp3) is 0.263. The normalized spacial score (nSPS) is 11.6. The maximum atomic E-state index is 13.0. The number of carbonyl (C=O) groups excluding carboxylic acids is 1. The van der Waals surface area contributed by atoms with Gasteiger partial charge in [0.25, 0.3) is 0 Å². The molecule has 0 aliphatic rings. The minimum Gasteiger partial charge on any atom is -0.497 e. The molecule has 0 aliphatic carbocycles. The third-order valence-electron chi connectivity index (χ3n) is 4.03. The van der Waals surface area contributed by atoms with E-state index >= 15 is 0 Å². The van der Waals surface area contributed by atoms with E-state index < -0.39 is 5.92 Å². The van der Waals surface area contributed by atoms with Crippen LogP contribution in [-0.4, -0.2) is 40.2 Å². The molecule has 2 N–H and O–H groups in total. The van der Waals surface area contributed by atoms with Gasteiger partial charge in [0.2, 0.25) is 5.91 Å². The van der Waals surface area contributed by atoms with E-state index in [1.807, 2.05) is 49.4 Å². The van der Waals surface area contributed by atoms with Crippen molar-refractivity contribution in [3.05, 3.63) is 59.9 Å². The van der Waals surface area contributed by atoms with Crippen LogP contribution in [0.25, 0.3) is 0 Å². The summed E-state index contributed by atoms with van der Waals surface area (Å²) in [6.07, 6.45) is 0.423. The Kier molecular flexibility index (Phi) is 5.98. The first kappa shape index (κ1) is 18.4. The van der Waals surface area contributed by atoms with E-state index in [4.69, 9.17) is 9.47 Å². The zero-order valence-corrected chi connectivity index (χ0v) is 15.2. The zero-order valence-electron chi connectivity index (χ0n) is 15.2. The van der Waals surface area contributed by atoms with E-state index in [2.05, 4.69) is 25.9 Å². The number of tetrazole rings is 1. The van der Waals surface area contributed by atoms with Gasteiger partial charge in [0, 0.05) is 0 Å². The summed E-state index contributed by atoms with van der Waals surface area (Å²) in [6.45, 7) is 2.40. The number of nitrogens with one attached hydrogen (secondary N) is 2. The maximum absolute atomic E-state index is 13.0. The number of aromatic nitrogens is 4. The molecule has 27 heavy (non-hydrogen) atoms. The van der Waals surface area contributed by atoms with Crippen LogP contribution < -0.4 is 14.8 Å². The molecule has 0 unspecified atom stereocenters. The predicted octanol–water partition coefficient (Wildman–Crippen LogP) is 2.57. The van der Waals surface area contributed by atoms with Gasteiger partial charge in [-0.15, -0.1) is 10.2 Å². The number of rotatable bonds is 8. The van der Waals surface area contributed by atoms with E-state index in [1.54, 1.807) is 13.2 Å². The number of anilines is 1. The summed E-state index contributed by atoms with van der Waals surface area (Å²) in [5, 5.41) is 16.9. The Hall–Kier alpha value is -3.42. The molecule has 1 heterocycles. The van der Waals surface area contributed by atoms with Gasteiger partial charge in [-0.25, -0.2) is 0 Å². The fourth-order valence-electron chi connectivity index (χ4n) is 2.69. The number of aromatic amines is 1. The summed E-state index contributed by atoms with van der Waals surface area (Å²) in [4.78, 5) is 13.0. The van der Waals surface area contributed by atoms with Crippen molar-refractivity contribution in [2.75, 3.05) is 19.0 Å². The fourth-order valence-corrected chi connectivity index (χ4v) is 2.69. The molecule has 0 aliphatic heterocycles. The van der Waals surface area contributed by atoms with E-state index in [0.29, 0.717) is 30.3 Å². The van der Waals surface area contributed by atoms with Crippen LogP contribution >= 0.6 is 0 Å². The number of para-hydroxylation sites is 2. The Labute approximate surface area is 156 Å². The number of methoxy groups -OCH3 is 1. The summed E-state index contributed by atoms with van der Waals surface area (Å²) < 4.78 is 10.7. The van der Waals surface area contributed by atoms with Crippen LogP contribution in [0.4, 0.5) is 5.69 Å². The lowest BCUT2D eigenvalue weighted by molar-refractivity contribution is -0.117. The molecule has 8 nitrogen and oxygen atoms in total. The van der Waals surface area contributed by atoms with Crippen molar-refractivity contribution in [2.45, 2.75) is 19.3 Å². The van der Waals surface area contributed by atoms with Crippen molar-refractivity contribution >= 4 is 11.6 Å². The maximum Gasteiger partial charge on any atom is 0.235 e. The number of amides is 1. The number of nitrogens with zero attached hydrogens (tertiary/aromatic N) is 3. The lowest BCUT2D eigenvalue weighted by atomic mass is 9.97. The van der Waals surface area contributed by atoms with Crippen LogP contribution in [0.3, 0.4) is 0 Å². The second-order valence-corrected chi connectivity index (χ2v) is 5.79. The molecule has 0 radical (unpaired) electrons. The number of hydrogen-bond donors (Lipinski definition) is 2. The Bertz CT molecular complexity index is 865. The Morgan fingerprint density at radius 3 is 2.63 bits per heavy atom. The van der Waals surface area contributed by atoms with Crippen LogP contribution in [0.5, 0.6) is 11.5 Å². The highest BCUT2D eigenvalue weighted by atomic mass is 16.5. The van der Waals surface area contributed by atoms with Crippen molar-refractivity contribution in [3.8, 4) is 11.5 Å². The first-order chi connectivity index (χ1) is 13.2. The number of carbonyl (C=O) groups is 1. The molecule has 1 aromatic heterocycles. The van der Waals surface area contributed by atoms with Gasteiger partial charge >= 0.3 is 0 Å². The summed E-state index contributed by atoms with van der Waals surface area (Å²) >= 11 is 0. The molecule has 0 saturated heterocycles. The predicted molar refractivity (Wildman–Crippen MR) is 99.9 cm³/mol. The topological polar surface area (TPSA) is 102 Å². The number of hydrogen-bond acceptors (Lipinski definition) is 6. The van der Waals surface area contributed by atoms with E-state index in [9.17, 15) is 4.79 Å². The number of ether oxygens (including phenoxy) is 2. The van der Waals surface area contributed by atoms with E-state index in [-0.39, 0.29) is 5.91 Å². The van der Waals surface area contributed by atoms with Crippen molar-refractivity contribution in [2.24, 2.45) is 0 Å². The number of benzene rings is 2. The van der Waals surface area contributed by atoms with E-state index in [0.717, 1.165) is 11.3 Å². The highest BCUT2D eigenvalue weighted by Gasteiger charge is 2.26. The molecule has 1 amide bonds. The SMILES string of the molecule is CCOc1ccccc1NC(=O)[C@@H](Cc1ccc(OC)cc1)c1nn[nH]n1. The van der Waals surface area contributed by atoms with Crippen molar-refractivity contribution < 1.29 is 14.3 Å². The molecule has 3 rings (SSSR count). The highest BCUT2D eigenvalue weighted by molar-refractivity contribution is 5.96. The molecule has 2 aromatic carbocycles. The Morgan fingerprint density at radius 2 is 1.96 bits per heavy atom. The molecule has 0 spiro atoms. The summed E-state index contributed by atoms with van der Waals surface area (Å²) in [6, 6.07) is 14.8. The Morgan fingerprint density at radius 1 is 1.19 bits per heavy atom. The van der Waals surface area contributed by atoms with Crippen molar-refractivity contribution in [1.29, 1.82) is 0 Å². The largest absolute Gasteiger partial charge is 0.497 e. The van der Waals surface area contributed by atoms with E-state index in [1.165, 1.54) is 0 Å². The second kappa shape index (κ2) is 8.79. The molecule has 1 atom stereocenters. The van der Waals surface area contributed by atoms with Crippen LogP contribution in [-0.2, 0) is 11.2 Å². The van der Waals surface area contributed by atoms with Gasteiger partial charge in [-0.3, -0.25) is 4.79 Å². The molecule has 3 aromatic rings. The lowest BCUT2D eigenvalue weighted by Crippen LogP contribution is -2.24.